The highest BCUT2D eigenvalue weighted by atomic mass is 35.5. The number of ether oxygens (including phenoxy) is 1. The van der Waals surface area contributed by atoms with Crippen molar-refractivity contribution in [2.45, 2.75) is 25.7 Å². The first-order valence-corrected chi connectivity index (χ1v) is 11.1. The van der Waals surface area contributed by atoms with Gasteiger partial charge in [-0.3, -0.25) is 15.1 Å². The van der Waals surface area contributed by atoms with Gasteiger partial charge in [0.25, 0.3) is 5.91 Å². The number of allylic oxidation sites excluding steroid dienone is 3. The number of carbonyl (C=O) groups is 2. The summed E-state index contributed by atoms with van der Waals surface area (Å²) >= 11 is 6.27. The van der Waals surface area contributed by atoms with Gasteiger partial charge in [0.1, 0.15) is 17.1 Å². The van der Waals surface area contributed by atoms with Gasteiger partial charge in [-0.2, -0.15) is 0 Å². The second-order valence-corrected chi connectivity index (χ2v) is 7.86. The van der Waals surface area contributed by atoms with Crippen molar-refractivity contribution in [2.24, 2.45) is 0 Å². The number of benzene rings is 1. The Morgan fingerprint density at radius 3 is 2.64 bits per heavy atom. The molecule has 0 saturated heterocycles. The van der Waals surface area contributed by atoms with Crippen LogP contribution in [-0.2, 0) is 14.4 Å². The number of amides is 1. The molecule has 176 valence electrons. The molecule has 2 heterocycles. The first kappa shape index (κ1) is 24.4. The Kier molecular flexibility index (Phi) is 8.97. The third kappa shape index (κ3) is 6.87. The molecule has 0 aliphatic carbocycles. The van der Waals surface area contributed by atoms with Crippen molar-refractivity contribution < 1.29 is 29.4 Å². The molecule has 1 amide bonds. The molecule has 1 aromatic rings. The van der Waals surface area contributed by atoms with Crippen LogP contribution in [0.1, 0.15) is 41.6 Å². The maximum atomic E-state index is 12.6. The predicted molar refractivity (Wildman–Crippen MR) is 125 cm³/mol. The Balaban J connectivity index is 1.87. The lowest BCUT2D eigenvalue weighted by Gasteiger charge is -2.23. The molecule has 2 aliphatic heterocycles. The summed E-state index contributed by atoms with van der Waals surface area (Å²) in [6.07, 6.45) is 15.8. The van der Waals surface area contributed by atoms with E-state index in [-0.39, 0.29) is 35.3 Å². The number of nitrogens with one attached hydrogen (secondary N) is 1. The van der Waals surface area contributed by atoms with Crippen LogP contribution in [0, 0.1) is 0 Å². The number of carbonyl (C=O) groups excluding carboxylic acids is 2. The van der Waals surface area contributed by atoms with Gasteiger partial charge in [-0.05, 0) is 37.8 Å². The Morgan fingerprint density at radius 1 is 1.09 bits per heavy atom. The van der Waals surface area contributed by atoms with Crippen LogP contribution in [-0.4, -0.2) is 53.3 Å². The average Bonchev–Trinajstić information content (AvgIpc) is 2.80. The molecule has 0 bridgehead atoms. The maximum absolute atomic E-state index is 12.6. The Morgan fingerprint density at radius 2 is 1.85 bits per heavy atom. The van der Waals surface area contributed by atoms with E-state index >= 15 is 0 Å². The molecule has 9 heteroatoms. The van der Waals surface area contributed by atoms with Crippen LogP contribution < -0.4 is 5.48 Å². The quantitative estimate of drug-likeness (QED) is 0.345. The molecular weight excluding hydrogens is 448 g/mol. The average molecular weight is 475 g/mol. The van der Waals surface area contributed by atoms with Gasteiger partial charge in [0.2, 0.25) is 0 Å². The van der Waals surface area contributed by atoms with Crippen molar-refractivity contribution in [3.63, 3.8) is 0 Å². The van der Waals surface area contributed by atoms with E-state index in [1.165, 1.54) is 6.08 Å². The molecule has 3 rings (SSSR count). The first-order valence-electron chi connectivity index (χ1n) is 10.7. The second kappa shape index (κ2) is 12.1. The summed E-state index contributed by atoms with van der Waals surface area (Å²) in [5, 5.41) is 20.3. The number of esters is 1. The lowest BCUT2D eigenvalue weighted by atomic mass is 10.0. The predicted octanol–water partition coefficient (Wildman–Crippen LogP) is 3.85. The number of fused-ring (bicyclic) bond motifs is 1. The summed E-state index contributed by atoms with van der Waals surface area (Å²) in [6.45, 7) is 1.12. The van der Waals surface area contributed by atoms with E-state index in [1.54, 1.807) is 11.0 Å². The molecule has 0 saturated carbocycles. The van der Waals surface area contributed by atoms with Gasteiger partial charge in [-0.1, -0.05) is 42.0 Å². The molecule has 0 spiro atoms. The van der Waals surface area contributed by atoms with Crippen LogP contribution in [0.25, 0.3) is 6.08 Å². The number of phenolic OH excluding ortho intramolecular Hbond substituents is 2. The van der Waals surface area contributed by atoms with Crippen molar-refractivity contribution in [1.82, 2.24) is 10.4 Å². The van der Waals surface area contributed by atoms with Crippen LogP contribution in [0.2, 0.25) is 5.02 Å². The monoisotopic (exact) mass is 474 g/mol. The van der Waals surface area contributed by atoms with E-state index < -0.39 is 17.5 Å². The first-order chi connectivity index (χ1) is 16.0. The lowest BCUT2D eigenvalue weighted by Crippen LogP contribution is -2.37. The van der Waals surface area contributed by atoms with Gasteiger partial charge in [0.15, 0.2) is 6.61 Å². The minimum Gasteiger partial charge on any atom is -0.507 e. The van der Waals surface area contributed by atoms with Crippen molar-refractivity contribution >= 4 is 29.6 Å². The zero-order valence-corrected chi connectivity index (χ0v) is 18.9. The van der Waals surface area contributed by atoms with Crippen molar-refractivity contribution in [3.05, 3.63) is 64.4 Å². The molecular formula is C24H27ClN2O6. The van der Waals surface area contributed by atoms with Gasteiger partial charge in [0.05, 0.1) is 17.3 Å². The third-order valence-corrected chi connectivity index (χ3v) is 5.44. The standard InChI is InChI=1S/C24H27ClN2O6/c25-23-18-14-17(26-33-16-21(30)27-11-7-5-8-12-27)10-6-3-1-2-4-9-13-32-24(31)22(18)19(28)15-20(23)29/h2,4-7,10,14-15,26,28-29H,1,3,8-9,11-13,16H2/b4-2?,10-6?,17-14-. The van der Waals surface area contributed by atoms with Crippen LogP contribution in [0.4, 0.5) is 0 Å². The summed E-state index contributed by atoms with van der Waals surface area (Å²) in [4.78, 5) is 32.1. The normalized spacial score (nSPS) is 18.6. The molecule has 3 N–H and O–H groups in total. The van der Waals surface area contributed by atoms with Crippen molar-refractivity contribution in [3.8, 4) is 11.5 Å². The van der Waals surface area contributed by atoms with E-state index in [9.17, 15) is 19.8 Å². The number of halogens is 1. The number of phenols is 2. The fourth-order valence-electron chi connectivity index (χ4n) is 3.34. The summed E-state index contributed by atoms with van der Waals surface area (Å²) in [7, 11) is 0. The summed E-state index contributed by atoms with van der Waals surface area (Å²) < 4.78 is 5.26. The Labute approximate surface area is 197 Å². The lowest BCUT2D eigenvalue weighted by molar-refractivity contribution is -0.137. The number of hydrogen-bond donors (Lipinski definition) is 3. The van der Waals surface area contributed by atoms with Gasteiger partial charge >= 0.3 is 5.97 Å². The van der Waals surface area contributed by atoms with Crippen LogP contribution in [0.5, 0.6) is 11.5 Å². The molecule has 2 aliphatic rings. The van der Waals surface area contributed by atoms with E-state index in [4.69, 9.17) is 21.2 Å². The fraction of sp³-hybridized carbons (Fsp3) is 0.333. The van der Waals surface area contributed by atoms with Crippen LogP contribution in [0.15, 0.2) is 48.2 Å². The topological polar surface area (TPSA) is 108 Å². The molecule has 0 fully saturated rings. The molecule has 0 aromatic heterocycles. The molecule has 8 nitrogen and oxygen atoms in total. The number of aromatic hydroxyl groups is 2. The van der Waals surface area contributed by atoms with E-state index in [0.29, 0.717) is 25.2 Å². The summed E-state index contributed by atoms with van der Waals surface area (Å²) in [6, 6.07) is 0.991. The molecule has 0 radical (unpaired) electrons. The molecule has 0 unspecified atom stereocenters. The highest BCUT2D eigenvalue weighted by Gasteiger charge is 2.23. The number of hydrogen-bond acceptors (Lipinski definition) is 7. The maximum Gasteiger partial charge on any atom is 0.342 e. The summed E-state index contributed by atoms with van der Waals surface area (Å²) in [5.74, 6) is -1.80. The number of rotatable bonds is 4. The number of hydroxylamine groups is 1. The van der Waals surface area contributed by atoms with Gasteiger partial charge in [-0.15, -0.1) is 0 Å². The van der Waals surface area contributed by atoms with Gasteiger partial charge < -0.3 is 19.8 Å². The number of nitrogens with zero attached hydrogens (tertiary/aromatic N) is 1. The smallest absolute Gasteiger partial charge is 0.342 e. The molecule has 33 heavy (non-hydrogen) atoms. The largest absolute Gasteiger partial charge is 0.507 e. The zero-order valence-electron chi connectivity index (χ0n) is 18.1. The highest BCUT2D eigenvalue weighted by Crippen LogP contribution is 2.38. The van der Waals surface area contributed by atoms with Crippen LogP contribution >= 0.6 is 11.6 Å². The summed E-state index contributed by atoms with van der Waals surface area (Å²) in [5.41, 5.74) is 2.96. The minimum absolute atomic E-state index is 0.0648. The molecule has 1 aromatic carbocycles. The highest BCUT2D eigenvalue weighted by molar-refractivity contribution is 6.34. The zero-order chi connectivity index (χ0) is 23.6. The second-order valence-electron chi connectivity index (χ2n) is 7.48. The third-order valence-electron chi connectivity index (χ3n) is 5.04. The minimum atomic E-state index is -0.774. The van der Waals surface area contributed by atoms with E-state index in [1.807, 2.05) is 30.4 Å². The van der Waals surface area contributed by atoms with E-state index in [2.05, 4.69) is 5.48 Å². The Hall–Kier alpha value is -3.23. The molecule has 0 atom stereocenters. The van der Waals surface area contributed by atoms with E-state index in [0.717, 1.165) is 25.3 Å². The van der Waals surface area contributed by atoms with Crippen molar-refractivity contribution in [2.75, 3.05) is 26.3 Å². The van der Waals surface area contributed by atoms with Crippen LogP contribution in [0.3, 0.4) is 0 Å². The van der Waals surface area contributed by atoms with Gasteiger partial charge in [-0.25, -0.2) is 4.79 Å². The Bertz CT molecular complexity index is 999. The van der Waals surface area contributed by atoms with Gasteiger partial charge in [0, 0.05) is 24.7 Å². The number of cyclic esters (lactones) is 1. The SMILES string of the molecule is O=C1OCCC=CCCC=C/C(NOCC(=O)N2CC=CCC2)=C/c2c(Cl)c(O)cc(O)c21. The fourth-order valence-corrected chi connectivity index (χ4v) is 3.54. The van der Waals surface area contributed by atoms with Crippen molar-refractivity contribution in [1.29, 1.82) is 0 Å².